The Morgan fingerprint density at radius 1 is 1.10 bits per heavy atom. The molecule has 3 heterocycles. The van der Waals surface area contributed by atoms with Crippen molar-refractivity contribution in [1.29, 1.82) is 0 Å². The van der Waals surface area contributed by atoms with Crippen LogP contribution in [0.1, 0.15) is 35.9 Å². The van der Waals surface area contributed by atoms with Crippen LogP contribution in [0.5, 0.6) is 0 Å². The molecule has 1 aromatic carbocycles. The maximum Gasteiger partial charge on any atom is 0.269 e. The van der Waals surface area contributed by atoms with Gasteiger partial charge in [0.15, 0.2) is 0 Å². The minimum absolute atomic E-state index is 0.0977. The predicted molar refractivity (Wildman–Crippen MR) is 113 cm³/mol. The molecule has 4 rings (SSSR count). The van der Waals surface area contributed by atoms with Gasteiger partial charge in [-0.15, -0.1) is 0 Å². The quantitative estimate of drug-likeness (QED) is 0.547. The van der Waals surface area contributed by atoms with Gasteiger partial charge in [0.1, 0.15) is 5.69 Å². The number of amides is 1. The van der Waals surface area contributed by atoms with E-state index in [4.69, 9.17) is 0 Å². The summed E-state index contributed by atoms with van der Waals surface area (Å²) in [5, 5.41) is 3.61. The van der Waals surface area contributed by atoms with Crippen LogP contribution >= 0.6 is 0 Å². The van der Waals surface area contributed by atoms with Gasteiger partial charge in [0.25, 0.3) is 5.91 Å². The number of nitrogens with one attached hydrogen (secondary N) is 1. The summed E-state index contributed by atoms with van der Waals surface area (Å²) in [6, 6.07) is 13.0. The average molecular weight is 410 g/mol. The van der Waals surface area contributed by atoms with E-state index >= 15 is 0 Å². The monoisotopic (exact) mass is 410 g/mol. The van der Waals surface area contributed by atoms with Gasteiger partial charge in [-0.3, -0.25) is 9.78 Å². The average Bonchev–Trinajstić information content (AvgIpc) is 3.21. The van der Waals surface area contributed by atoms with Crippen molar-refractivity contribution in [2.24, 2.45) is 0 Å². The molecule has 0 atom stereocenters. The zero-order valence-corrected chi connectivity index (χ0v) is 17.3. The summed E-state index contributed by atoms with van der Waals surface area (Å²) in [5.74, 6) is -0.442. The molecule has 0 aliphatic rings. The number of carbonyl (C=O) groups is 1. The fraction of sp³-hybridized carbons (Fsp3) is 0.238. The molecule has 3 aromatic heterocycles. The predicted octanol–water partition coefficient (Wildman–Crippen LogP) is 3.31. The minimum atomic E-state index is -3.72. The smallest absolute Gasteiger partial charge is 0.269 e. The van der Waals surface area contributed by atoms with Crippen molar-refractivity contribution >= 4 is 37.9 Å². The number of hydrogen-bond acceptors (Lipinski definition) is 4. The van der Waals surface area contributed by atoms with E-state index in [1.54, 1.807) is 30.6 Å². The molecular weight excluding hydrogens is 388 g/mol. The molecule has 0 aliphatic carbocycles. The van der Waals surface area contributed by atoms with Crippen LogP contribution < -0.4 is 5.32 Å². The van der Waals surface area contributed by atoms with Crippen molar-refractivity contribution in [3.05, 3.63) is 66.1 Å². The third-order valence-corrected chi connectivity index (χ3v) is 5.94. The number of para-hydroxylation sites is 1. The third-order valence-electron chi connectivity index (χ3n) is 4.90. The molecule has 0 radical (unpaired) electrons. The molecule has 0 bridgehead atoms. The van der Waals surface area contributed by atoms with E-state index in [0.717, 1.165) is 32.2 Å². The lowest BCUT2D eigenvalue weighted by Gasteiger charge is -2.11. The third kappa shape index (κ3) is 3.29. The molecule has 29 heavy (non-hydrogen) atoms. The van der Waals surface area contributed by atoms with E-state index in [1.807, 2.05) is 38.1 Å². The fourth-order valence-electron chi connectivity index (χ4n) is 3.76. The minimum Gasteiger partial charge on any atom is -0.347 e. The van der Waals surface area contributed by atoms with Crippen LogP contribution in [0.4, 0.5) is 0 Å². The molecule has 8 heteroatoms. The van der Waals surface area contributed by atoms with Crippen LogP contribution in [0, 0.1) is 0 Å². The van der Waals surface area contributed by atoms with Gasteiger partial charge >= 0.3 is 0 Å². The number of fused-ring (bicyclic) bond motifs is 3. The Bertz CT molecular complexity index is 1320. The highest BCUT2D eigenvalue weighted by molar-refractivity contribution is 7.89. The van der Waals surface area contributed by atoms with Crippen molar-refractivity contribution in [3.8, 4) is 0 Å². The van der Waals surface area contributed by atoms with Crippen molar-refractivity contribution in [2.75, 3.05) is 6.26 Å². The van der Waals surface area contributed by atoms with E-state index in [1.165, 1.54) is 0 Å². The lowest BCUT2D eigenvalue weighted by molar-refractivity contribution is 0.0945. The fourth-order valence-corrected chi connectivity index (χ4v) is 4.77. The normalized spacial score (nSPS) is 12.1. The molecular formula is C21H22N4O3S. The van der Waals surface area contributed by atoms with Gasteiger partial charge in [-0.2, -0.15) is 0 Å². The zero-order valence-electron chi connectivity index (χ0n) is 16.5. The van der Waals surface area contributed by atoms with E-state index in [9.17, 15) is 13.2 Å². The van der Waals surface area contributed by atoms with E-state index in [0.29, 0.717) is 5.52 Å². The van der Waals surface area contributed by atoms with Crippen LogP contribution in [-0.2, 0) is 16.6 Å². The zero-order chi connectivity index (χ0) is 20.8. The van der Waals surface area contributed by atoms with Gasteiger partial charge in [0, 0.05) is 30.4 Å². The highest BCUT2D eigenvalue weighted by atomic mass is 32.2. The summed E-state index contributed by atoms with van der Waals surface area (Å²) in [5.41, 5.74) is 3.18. The standard InChI is InChI=1S/C21H22N4O3S/c1-14(2)24-17-7-5-4-6-16(17)20-18(24)12-19(25(20)29(3,27)28)21(26)23-13-15-8-10-22-11-9-15/h4-12,14H,13H2,1-3H3,(H,23,26). The summed E-state index contributed by atoms with van der Waals surface area (Å²) in [7, 11) is -3.72. The van der Waals surface area contributed by atoms with Crippen molar-refractivity contribution in [3.63, 3.8) is 0 Å². The Morgan fingerprint density at radius 2 is 1.79 bits per heavy atom. The number of benzene rings is 1. The second-order valence-corrected chi connectivity index (χ2v) is 9.14. The number of aromatic nitrogens is 3. The molecule has 0 saturated heterocycles. The second-order valence-electron chi connectivity index (χ2n) is 7.31. The van der Waals surface area contributed by atoms with Gasteiger partial charge < -0.3 is 9.88 Å². The molecule has 150 valence electrons. The maximum absolute atomic E-state index is 12.9. The largest absolute Gasteiger partial charge is 0.347 e. The summed E-state index contributed by atoms with van der Waals surface area (Å²) in [4.78, 5) is 16.9. The Labute approximate surface area is 169 Å². The molecule has 1 N–H and O–H groups in total. The molecule has 0 fully saturated rings. The first-order valence-electron chi connectivity index (χ1n) is 9.31. The lowest BCUT2D eigenvalue weighted by atomic mass is 10.2. The van der Waals surface area contributed by atoms with Gasteiger partial charge in [0.2, 0.25) is 10.0 Å². The van der Waals surface area contributed by atoms with E-state index < -0.39 is 15.9 Å². The number of rotatable bonds is 5. The Balaban J connectivity index is 1.90. The summed E-state index contributed by atoms with van der Waals surface area (Å²) in [6.45, 7) is 4.35. The Morgan fingerprint density at radius 3 is 2.45 bits per heavy atom. The van der Waals surface area contributed by atoms with Crippen LogP contribution in [0.25, 0.3) is 21.9 Å². The number of nitrogens with zero attached hydrogens (tertiary/aromatic N) is 3. The molecule has 0 saturated carbocycles. The Hall–Kier alpha value is -3.13. The molecule has 0 aliphatic heterocycles. The summed E-state index contributed by atoms with van der Waals surface area (Å²) in [6.07, 6.45) is 4.41. The van der Waals surface area contributed by atoms with Crippen LogP contribution in [0.2, 0.25) is 0 Å². The Kier molecular flexibility index (Phi) is 4.66. The maximum atomic E-state index is 12.9. The van der Waals surface area contributed by atoms with Crippen LogP contribution in [-0.4, -0.2) is 34.1 Å². The van der Waals surface area contributed by atoms with Crippen molar-refractivity contribution < 1.29 is 13.2 Å². The highest BCUT2D eigenvalue weighted by Crippen LogP contribution is 2.35. The first kappa shape index (κ1) is 19.2. The molecule has 0 unspecified atom stereocenters. The van der Waals surface area contributed by atoms with Gasteiger partial charge in [-0.1, -0.05) is 18.2 Å². The first-order valence-corrected chi connectivity index (χ1v) is 11.2. The molecule has 7 nitrogen and oxygen atoms in total. The van der Waals surface area contributed by atoms with Crippen LogP contribution in [0.3, 0.4) is 0 Å². The van der Waals surface area contributed by atoms with E-state index in [-0.39, 0.29) is 18.3 Å². The summed E-state index contributed by atoms with van der Waals surface area (Å²) >= 11 is 0. The second kappa shape index (κ2) is 7.04. The number of hydrogen-bond donors (Lipinski definition) is 1. The molecule has 0 spiro atoms. The van der Waals surface area contributed by atoms with Crippen molar-refractivity contribution in [2.45, 2.75) is 26.4 Å². The lowest BCUT2D eigenvalue weighted by Crippen LogP contribution is -2.27. The van der Waals surface area contributed by atoms with E-state index in [2.05, 4.69) is 14.9 Å². The van der Waals surface area contributed by atoms with Gasteiger partial charge in [-0.25, -0.2) is 12.4 Å². The first-order chi connectivity index (χ1) is 13.8. The number of pyridine rings is 1. The van der Waals surface area contributed by atoms with Crippen molar-refractivity contribution in [1.82, 2.24) is 18.8 Å². The molecule has 1 amide bonds. The SMILES string of the molecule is CC(C)n1c2ccccc2c2c1cc(C(=O)NCc1ccncc1)n2S(C)(=O)=O. The summed E-state index contributed by atoms with van der Waals surface area (Å²) < 4.78 is 28.6. The topological polar surface area (TPSA) is 86.0 Å². The van der Waals surface area contributed by atoms with Crippen LogP contribution in [0.15, 0.2) is 54.9 Å². The molecule has 4 aromatic rings. The van der Waals surface area contributed by atoms with Gasteiger partial charge in [0.05, 0.1) is 22.8 Å². The van der Waals surface area contributed by atoms with Gasteiger partial charge in [-0.05, 0) is 43.7 Å². The number of carbonyl (C=O) groups excluding carboxylic acids is 1. The highest BCUT2D eigenvalue weighted by Gasteiger charge is 2.26.